The van der Waals surface area contributed by atoms with Crippen LogP contribution in [0.2, 0.25) is 0 Å². The van der Waals surface area contributed by atoms with Crippen molar-refractivity contribution in [2.75, 3.05) is 24.7 Å². The van der Waals surface area contributed by atoms with Crippen LogP contribution < -0.4 is 4.90 Å². The lowest BCUT2D eigenvalue weighted by atomic mass is 10.1. The van der Waals surface area contributed by atoms with Crippen molar-refractivity contribution in [3.05, 3.63) is 27.9 Å². The van der Waals surface area contributed by atoms with Gasteiger partial charge in [-0.15, -0.1) is 0 Å². The molecular weight excluding hydrogens is 264 g/mol. The van der Waals surface area contributed by atoms with Crippen molar-refractivity contribution >= 4 is 11.5 Å². The molecule has 2 rings (SSSR count). The summed E-state index contributed by atoms with van der Waals surface area (Å²) in [5, 5.41) is 29.0. The summed E-state index contributed by atoms with van der Waals surface area (Å²) in [6.07, 6.45) is 0.779. The summed E-state index contributed by atoms with van der Waals surface area (Å²) in [5.41, 5.74) is -0.0745. The summed E-state index contributed by atoms with van der Waals surface area (Å²) in [7, 11) is 0. The Morgan fingerprint density at radius 3 is 3.10 bits per heavy atom. The molecule has 1 saturated heterocycles. The summed E-state index contributed by atoms with van der Waals surface area (Å²) in [6, 6.07) is 3.11. The molecule has 1 aliphatic heterocycles. The fourth-order valence-corrected chi connectivity index (χ4v) is 2.08. The lowest BCUT2D eigenvalue weighted by Crippen LogP contribution is -2.50. The number of nitrogens with zero attached hydrogens (tertiary/aromatic N) is 4. The van der Waals surface area contributed by atoms with Crippen LogP contribution in [-0.2, 0) is 4.74 Å². The van der Waals surface area contributed by atoms with Crippen LogP contribution in [0.1, 0.15) is 12.5 Å². The second kappa shape index (κ2) is 5.81. The first-order valence-electron chi connectivity index (χ1n) is 6.10. The third kappa shape index (κ3) is 2.68. The molecule has 2 heterocycles. The van der Waals surface area contributed by atoms with Crippen molar-refractivity contribution < 1.29 is 14.8 Å². The highest BCUT2D eigenvalue weighted by atomic mass is 16.6. The van der Waals surface area contributed by atoms with E-state index in [0.717, 1.165) is 6.20 Å². The predicted molar refractivity (Wildman–Crippen MR) is 69.2 cm³/mol. The molecule has 0 spiro atoms. The van der Waals surface area contributed by atoms with Gasteiger partial charge in [-0.1, -0.05) is 0 Å². The molecule has 8 nitrogen and oxygen atoms in total. The molecule has 1 N–H and O–H groups in total. The minimum absolute atomic E-state index is 0.0288. The Balaban J connectivity index is 2.36. The fourth-order valence-electron chi connectivity index (χ4n) is 2.08. The average molecular weight is 278 g/mol. The van der Waals surface area contributed by atoms with Crippen molar-refractivity contribution in [1.82, 2.24) is 4.98 Å². The minimum atomic E-state index is -0.586. The second-order valence-corrected chi connectivity index (χ2v) is 4.57. The molecule has 0 aliphatic carbocycles. The Kier molecular flexibility index (Phi) is 4.12. The molecule has 0 aromatic carbocycles. The molecule has 20 heavy (non-hydrogen) atoms. The third-order valence-corrected chi connectivity index (χ3v) is 3.16. The topological polar surface area (TPSA) is 113 Å². The van der Waals surface area contributed by atoms with E-state index in [4.69, 9.17) is 15.1 Å². The molecule has 1 aromatic heterocycles. The number of ether oxygens (including phenoxy) is 1. The maximum absolute atomic E-state index is 10.7. The summed E-state index contributed by atoms with van der Waals surface area (Å²) >= 11 is 0. The maximum Gasteiger partial charge on any atom is 0.289 e. The molecule has 2 unspecified atom stereocenters. The van der Waals surface area contributed by atoms with E-state index in [9.17, 15) is 10.1 Å². The molecular formula is C12H14N4O4. The maximum atomic E-state index is 10.7. The monoisotopic (exact) mass is 278 g/mol. The molecule has 8 heteroatoms. The molecule has 2 atom stereocenters. The average Bonchev–Trinajstić information content (AvgIpc) is 2.47. The number of hydrogen-bond acceptors (Lipinski definition) is 7. The van der Waals surface area contributed by atoms with Gasteiger partial charge in [-0.05, 0) is 6.92 Å². The van der Waals surface area contributed by atoms with Crippen molar-refractivity contribution in [3.8, 4) is 6.07 Å². The smallest absolute Gasteiger partial charge is 0.289 e. The lowest BCUT2D eigenvalue weighted by molar-refractivity contribution is -0.385. The highest BCUT2D eigenvalue weighted by Crippen LogP contribution is 2.25. The number of pyridine rings is 1. The summed E-state index contributed by atoms with van der Waals surface area (Å²) in [6.45, 7) is 2.56. The van der Waals surface area contributed by atoms with Crippen LogP contribution in [0.4, 0.5) is 11.5 Å². The van der Waals surface area contributed by atoms with E-state index in [1.165, 1.54) is 6.07 Å². The Hall–Kier alpha value is -2.24. The quantitative estimate of drug-likeness (QED) is 0.630. The van der Waals surface area contributed by atoms with Gasteiger partial charge in [-0.25, -0.2) is 4.98 Å². The van der Waals surface area contributed by atoms with Crippen LogP contribution in [0.5, 0.6) is 0 Å². The molecule has 106 valence electrons. The number of hydrogen-bond donors (Lipinski definition) is 1. The highest BCUT2D eigenvalue weighted by Gasteiger charge is 2.29. The first-order valence-corrected chi connectivity index (χ1v) is 6.10. The van der Waals surface area contributed by atoms with Crippen LogP contribution in [0, 0.1) is 21.4 Å². The van der Waals surface area contributed by atoms with Crippen LogP contribution in [0.25, 0.3) is 0 Å². The summed E-state index contributed by atoms with van der Waals surface area (Å²) in [5.74, 6) is 0.382. The Labute approximate surface area is 115 Å². The van der Waals surface area contributed by atoms with E-state index >= 15 is 0 Å². The standard InChI is InChI=1S/C12H14N4O4/c1-8-7-20-11(6-17)5-15(8)12-9(3-13)2-10(4-14-12)16(18)19/h2,4,8,11,17H,5-7H2,1H3. The Morgan fingerprint density at radius 2 is 2.50 bits per heavy atom. The van der Waals surface area contributed by atoms with Crippen LogP contribution in [0.3, 0.4) is 0 Å². The van der Waals surface area contributed by atoms with Gasteiger partial charge >= 0.3 is 0 Å². The Bertz CT molecular complexity index is 557. The molecule has 0 bridgehead atoms. The molecule has 0 saturated carbocycles. The van der Waals surface area contributed by atoms with Gasteiger partial charge < -0.3 is 14.7 Å². The SMILES string of the molecule is CC1COC(CO)CN1c1ncc([N+](=O)[O-])cc1C#N. The van der Waals surface area contributed by atoms with Gasteiger partial charge in [0.2, 0.25) is 0 Å². The predicted octanol–water partition coefficient (Wildman–Crippen LogP) is 0.447. The van der Waals surface area contributed by atoms with Gasteiger partial charge in [0.05, 0.1) is 30.3 Å². The number of aromatic nitrogens is 1. The second-order valence-electron chi connectivity index (χ2n) is 4.57. The van der Waals surface area contributed by atoms with Crippen molar-refractivity contribution in [2.45, 2.75) is 19.1 Å². The van der Waals surface area contributed by atoms with Gasteiger partial charge in [0.1, 0.15) is 23.6 Å². The van der Waals surface area contributed by atoms with Crippen molar-refractivity contribution in [2.24, 2.45) is 0 Å². The van der Waals surface area contributed by atoms with Crippen LogP contribution >= 0.6 is 0 Å². The third-order valence-electron chi connectivity index (χ3n) is 3.16. The highest BCUT2D eigenvalue weighted by molar-refractivity contribution is 5.58. The zero-order valence-corrected chi connectivity index (χ0v) is 10.9. The number of anilines is 1. The first-order chi connectivity index (χ1) is 9.56. The zero-order chi connectivity index (χ0) is 14.7. The van der Waals surface area contributed by atoms with Crippen LogP contribution in [-0.4, -0.2) is 46.9 Å². The number of nitro groups is 1. The van der Waals surface area contributed by atoms with Crippen molar-refractivity contribution in [3.63, 3.8) is 0 Å². The minimum Gasteiger partial charge on any atom is -0.394 e. The first kappa shape index (κ1) is 14.2. The number of rotatable bonds is 3. The van der Waals surface area contributed by atoms with Gasteiger partial charge in [0.15, 0.2) is 0 Å². The van der Waals surface area contributed by atoms with E-state index in [0.29, 0.717) is 19.0 Å². The number of aliphatic hydroxyl groups is 1. The van der Waals surface area contributed by atoms with Gasteiger partial charge in [0.25, 0.3) is 5.69 Å². The molecule has 0 radical (unpaired) electrons. The van der Waals surface area contributed by atoms with Crippen LogP contribution in [0.15, 0.2) is 12.3 Å². The number of nitriles is 1. The zero-order valence-electron chi connectivity index (χ0n) is 10.9. The van der Waals surface area contributed by atoms with Gasteiger partial charge in [-0.3, -0.25) is 10.1 Å². The Morgan fingerprint density at radius 1 is 1.75 bits per heavy atom. The van der Waals surface area contributed by atoms with Gasteiger partial charge in [0, 0.05) is 12.6 Å². The summed E-state index contributed by atoms with van der Waals surface area (Å²) < 4.78 is 5.42. The van der Waals surface area contributed by atoms with Gasteiger partial charge in [-0.2, -0.15) is 5.26 Å². The lowest BCUT2D eigenvalue weighted by Gasteiger charge is -2.38. The largest absolute Gasteiger partial charge is 0.394 e. The van der Waals surface area contributed by atoms with Crippen molar-refractivity contribution in [1.29, 1.82) is 5.26 Å². The normalized spacial score (nSPS) is 22.4. The van der Waals surface area contributed by atoms with E-state index in [1.807, 2.05) is 17.9 Å². The number of aliphatic hydroxyl groups excluding tert-OH is 1. The molecule has 1 aromatic rings. The van der Waals surface area contributed by atoms with E-state index < -0.39 is 4.92 Å². The van der Waals surface area contributed by atoms with E-state index in [2.05, 4.69) is 4.98 Å². The molecule has 1 fully saturated rings. The number of morpholine rings is 1. The summed E-state index contributed by atoms with van der Waals surface area (Å²) in [4.78, 5) is 16.0. The fraction of sp³-hybridized carbons (Fsp3) is 0.500. The molecule has 1 aliphatic rings. The van der Waals surface area contributed by atoms with E-state index in [1.54, 1.807) is 0 Å². The van der Waals surface area contributed by atoms with E-state index in [-0.39, 0.29) is 30.0 Å². The molecule has 0 amide bonds.